The fourth-order valence-corrected chi connectivity index (χ4v) is 3.64. The standard InChI is InChI=1S/C20H23N5O/c1-12-9-13(2)18(17(10-12)26-3)15-6-7-16-20(22-15)23-19(25-24-16)14-5-4-8-21-11-14/h6-7,9-10,14,21H,4-5,8,11H2,1-3H3. The highest BCUT2D eigenvalue weighted by atomic mass is 16.5. The summed E-state index contributed by atoms with van der Waals surface area (Å²) in [5, 5.41) is 12.1. The van der Waals surface area contributed by atoms with Gasteiger partial charge in [0.25, 0.3) is 0 Å². The molecule has 134 valence electrons. The number of benzene rings is 1. The quantitative estimate of drug-likeness (QED) is 0.783. The van der Waals surface area contributed by atoms with E-state index in [1.807, 2.05) is 18.2 Å². The molecule has 1 atom stereocenters. The van der Waals surface area contributed by atoms with Crippen LogP contribution in [0.25, 0.3) is 22.4 Å². The van der Waals surface area contributed by atoms with Crippen molar-refractivity contribution in [2.24, 2.45) is 0 Å². The van der Waals surface area contributed by atoms with Gasteiger partial charge in [-0.2, -0.15) is 0 Å². The molecule has 2 aromatic heterocycles. The number of hydrogen-bond donors (Lipinski definition) is 1. The van der Waals surface area contributed by atoms with Gasteiger partial charge in [0.2, 0.25) is 0 Å². The van der Waals surface area contributed by atoms with Crippen molar-refractivity contribution in [1.29, 1.82) is 0 Å². The highest BCUT2D eigenvalue weighted by molar-refractivity contribution is 5.78. The van der Waals surface area contributed by atoms with E-state index in [9.17, 15) is 0 Å². The van der Waals surface area contributed by atoms with Crippen molar-refractivity contribution >= 4 is 11.2 Å². The van der Waals surface area contributed by atoms with Crippen LogP contribution in [0.3, 0.4) is 0 Å². The van der Waals surface area contributed by atoms with Crippen molar-refractivity contribution < 1.29 is 4.74 Å². The van der Waals surface area contributed by atoms with Crippen LogP contribution in [0.15, 0.2) is 24.3 Å². The monoisotopic (exact) mass is 349 g/mol. The van der Waals surface area contributed by atoms with Crippen LogP contribution in [0.4, 0.5) is 0 Å². The third kappa shape index (κ3) is 3.12. The number of aryl methyl sites for hydroxylation is 2. The molecule has 1 aliphatic rings. The Bertz CT molecular complexity index is 950. The molecule has 0 radical (unpaired) electrons. The van der Waals surface area contributed by atoms with E-state index in [-0.39, 0.29) is 0 Å². The van der Waals surface area contributed by atoms with Gasteiger partial charge in [-0.3, -0.25) is 0 Å². The number of rotatable bonds is 3. The first kappa shape index (κ1) is 16.8. The molecule has 0 saturated carbocycles. The lowest BCUT2D eigenvalue weighted by Gasteiger charge is -2.20. The molecular weight excluding hydrogens is 326 g/mol. The molecule has 26 heavy (non-hydrogen) atoms. The zero-order valence-electron chi connectivity index (χ0n) is 15.4. The van der Waals surface area contributed by atoms with E-state index in [2.05, 4.69) is 35.4 Å². The summed E-state index contributed by atoms with van der Waals surface area (Å²) in [7, 11) is 1.69. The van der Waals surface area contributed by atoms with Gasteiger partial charge in [0.05, 0.1) is 12.8 Å². The molecule has 1 N–H and O–H groups in total. The minimum absolute atomic E-state index is 0.307. The van der Waals surface area contributed by atoms with Crippen LogP contribution in [0.2, 0.25) is 0 Å². The first-order valence-corrected chi connectivity index (χ1v) is 9.03. The highest BCUT2D eigenvalue weighted by Gasteiger charge is 2.19. The smallest absolute Gasteiger partial charge is 0.182 e. The van der Waals surface area contributed by atoms with Gasteiger partial charge in [-0.25, -0.2) is 9.97 Å². The number of aromatic nitrogens is 4. The van der Waals surface area contributed by atoms with Crippen LogP contribution in [-0.4, -0.2) is 40.4 Å². The van der Waals surface area contributed by atoms with Gasteiger partial charge in [-0.15, -0.1) is 10.2 Å². The second kappa shape index (κ2) is 6.96. The van der Waals surface area contributed by atoms with Crippen LogP contribution in [0, 0.1) is 13.8 Å². The Hall–Kier alpha value is -2.60. The number of piperidine rings is 1. The summed E-state index contributed by atoms with van der Waals surface area (Å²) in [5.41, 5.74) is 5.50. The van der Waals surface area contributed by atoms with Gasteiger partial charge in [0, 0.05) is 18.0 Å². The fraction of sp³-hybridized carbons (Fsp3) is 0.400. The van der Waals surface area contributed by atoms with Crippen molar-refractivity contribution in [2.75, 3.05) is 20.2 Å². The summed E-state index contributed by atoms with van der Waals surface area (Å²) < 4.78 is 5.60. The molecule has 1 saturated heterocycles. The minimum atomic E-state index is 0.307. The normalized spacial score (nSPS) is 17.4. The van der Waals surface area contributed by atoms with E-state index >= 15 is 0 Å². The molecule has 1 unspecified atom stereocenters. The third-order valence-electron chi connectivity index (χ3n) is 4.92. The molecule has 3 heterocycles. The van der Waals surface area contributed by atoms with Gasteiger partial charge in [-0.05, 0) is 62.6 Å². The van der Waals surface area contributed by atoms with Crippen LogP contribution in [0.5, 0.6) is 5.75 Å². The van der Waals surface area contributed by atoms with Gasteiger partial charge in [0.1, 0.15) is 11.3 Å². The Balaban J connectivity index is 1.80. The Morgan fingerprint density at radius 3 is 2.77 bits per heavy atom. The first-order chi connectivity index (χ1) is 12.7. The molecule has 3 aromatic rings. The molecular formula is C20H23N5O. The Labute approximate surface area is 153 Å². The fourth-order valence-electron chi connectivity index (χ4n) is 3.64. The van der Waals surface area contributed by atoms with Crippen molar-refractivity contribution in [2.45, 2.75) is 32.6 Å². The Kier molecular flexibility index (Phi) is 4.51. The predicted octanol–water partition coefficient (Wildman–Crippen LogP) is 3.18. The molecule has 0 amide bonds. The maximum atomic E-state index is 5.60. The number of nitrogens with one attached hydrogen (secondary N) is 1. The van der Waals surface area contributed by atoms with Crippen molar-refractivity contribution in [3.63, 3.8) is 0 Å². The topological polar surface area (TPSA) is 72.8 Å². The molecule has 6 nitrogen and oxygen atoms in total. The van der Waals surface area contributed by atoms with Gasteiger partial charge in [0.15, 0.2) is 11.5 Å². The molecule has 0 spiro atoms. The maximum absolute atomic E-state index is 5.60. The highest BCUT2D eigenvalue weighted by Crippen LogP contribution is 2.33. The zero-order chi connectivity index (χ0) is 18.1. The summed E-state index contributed by atoms with van der Waals surface area (Å²) >= 11 is 0. The second-order valence-electron chi connectivity index (χ2n) is 6.91. The van der Waals surface area contributed by atoms with Gasteiger partial charge in [-0.1, -0.05) is 6.07 Å². The average Bonchev–Trinajstić information content (AvgIpc) is 2.67. The van der Waals surface area contributed by atoms with Crippen molar-refractivity contribution in [1.82, 2.24) is 25.5 Å². The third-order valence-corrected chi connectivity index (χ3v) is 4.92. The number of nitrogens with zero attached hydrogens (tertiary/aromatic N) is 4. The van der Waals surface area contributed by atoms with Gasteiger partial charge < -0.3 is 10.1 Å². The van der Waals surface area contributed by atoms with Crippen LogP contribution in [-0.2, 0) is 0 Å². The summed E-state index contributed by atoms with van der Waals surface area (Å²) in [4.78, 5) is 9.51. The number of methoxy groups -OCH3 is 1. The summed E-state index contributed by atoms with van der Waals surface area (Å²) in [6.07, 6.45) is 2.23. The SMILES string of the molecule is COc1cc(C)cc(C)c1-c1ccc2nnc(C3CCCNC3)nc2n1. The minimum Gasteiger partial charge on any atom is -0.496 e. The molecule has 1 fully saturated rings. The van der Waals surface area contributed by atoms with E-state index in [0.717, 1.165) is 54.3 Å². The lowest BCUT2D eigenvalue weighted by Crippen LogP contribution is -2.29. The van der Waals surface area contributed by atoms with E-state index in [4.69, 9.17) is 14.7 Å². The van der Waals surface area contributed by atoms with E-state index < -0.39 is 0 Å². The summed E-state index contributed by atoms with van der Waals surface area (Å²) in [6, 6.07) is 8.06. The van der Waals surface area contributed by atoms with Crippen molar-refractivity contribution in [3.05, 3.63) is 41.2 Å². The van der Waals surface area contributed by atoms with Crippen LogP contribution < -0.4 is 10.1 Å². The molecule has 0 aliphatic carbocycles. The number of pyridine rings is 1. The zero-order valence-corrected chi connectivity index (χ0v) is 15.4. The Morgan fingerprint density at radius 2 is 2.00 bits per heavy atom. The lowest BCUT2D eigenvalue weighted by atomic mass is 9.99. The lowest BCUT2D eigenvalue weighted by molar-refractivity contribution is 0.415. The van der Waals surface area contributed by atoms with Gasteiger partial charge >= 0.3 is 0 Å². The van der Waals surface area contributed by atoms with E-state index in [1.165, 1.54) is 5.56 Å². The number of hydrogen-bond acceptors (Lipinski definition) is 6. The van der Waals surface area contributed by atoms with Crippen LogP contribution in [0.1, 0.15) is 35.7 Å². The summed E-state index contributed by atoms with van der Waals surface area (Å²) in [6.45, 7) is 6.10. The molecule has 1 aromatic carbocycles. The number of ether oxygens (including phenoxy) is 1. The maximum Gasteiger partial charge on any atom is 0.182 e. The van der Waals surface area contributed by atoms with Crippen LogP contribution >= 0.6 is 0 Å². The summed E-state index contributed by atoms with van der Waals surface area (Å²) in [5.74, 6) is 1.91. The predicted molar refractivity (Wildman–Crippen MR) is 101 cm³/mol. The molecule has 0 bridgehead atoms. The van der Waals surface area contributed by atoms with E-state index in [0.29, 0.717) is 17.1 Å². The Morgan fingerprint density at radius 1 is 1.12 bits per heavy atom. The second-order valence-corrected chi connectivity index (χ2v) is 6.91. The molecule has 1 aliphatic heterocycles. The first-order valence-electron chi connectivity index (χ1n) is 9.03. The average molecular weight is 349 g/mol. The molecule has 4 rings (SSSR count). The largest absolute Gasteiger partial charge is 0.496 e. The molecule has 6 heteroatoms. The van der Waals surface area contributed by atoms with Crippen molar-refractivity contribution in [3.8, 4) is 17.0 Å². The van der Waals surface area contributed by atoms with E-state index in [1.54, 1.807) is 7.11 Å². The number of fused-ring (bicyclic) bond motifs is 1.